The van der Waals surface area contributed by atoms with E-state index < -0.39 is 0 Å². The average molecular weight is 303 g/mol. The van der Waals surface area contributed by atoms with E-state index in [0.29, 0.717) is 0 Å². The summed E-state index contributed by atoms with van der Waals surface area (Å²) in [4.78, 5) is 7.55. The summed E-state index contributed by atoms with van der Waals surface area (Å²) in [5.74, 6) is 0.915. The lowest BCUT2D eigenvalue weighted by atomic mass is 10.0. The molecule has 0 radical (unpaired) electrons. The van der Waals surface area contributed by atoms with E-state index >= 15 is 0 Å². The maximum absolute atomic E-state index is 2.64. The Morgan fingerprint density at radius 3 is 2.00 bits per heavy atom. The molecule has 0 bridgehead atoms. The minimum absolute atomic E-state index is 0.915. The van der Waals surface area contributed by atoms with Crippen molar-refractivity contribution in [2.45, 2.75) is 26.7 Å². The normalized spacial score (nSPS) is 20.2. The van der Waals surface area contributed by atoms with Gasteiger partial charge in [-0.25, -0.2) is 0 Å². The van der Waals surface area contributed by atoms with Crippen LogP contribution in [0, 0.1) is 5.92 Å². The molecule has 0 atom stereocenters. The summed E-state index contributed by atoms with van der Waals surface area (Å²) in [6, 6.07) is 10.8. The number of rotatable bonds is 4. The van der Waals surface area contributed by atoms with E-state index in [2.05, 4.69) is 65.9 Å². The molecule has 1 aromatic carbocycles. The van der Waals surface area contributed by atoms with Gasteiger partial charge in [-0.3, -0.25) is 4.90 Å². The van der Waals surface area contributed by atoms with Crippen LogP contribution in [0.4, 0.5) is 5.69 Å². The van der Waals surface area contributed by atoms with Gasteiger partial charge in [0.05, 0.1) is 0 Å². The van der Waals surface area contributed by atoms with Crippen molar-refractivity contribution in [1.29, 1.82) is 0 Å². The predicted molar refractivity (Wildman–Crippen MR) is 96.7 cm³/mol. The fraction of sp³-hybridized carbons (Fsp3) is 0.684. The molecule has 3 nitrogen and oxygen atoms in total. The Balaban J connectivity index is 0.000000396. The van der Waals surface area contributed by atoms with Gasteiger partial charge in [-0.2, -0.15) is 0 Å². The third kappa shape index (κ3) is 5.29. The first-order valence-electron chi connectivity index (χ1n) is 8.93. The first-order valence-corrected chi connectivity index (χ1v) is 8.93. The van der Waals surface area contributed by atoms with E-state index in [4.69, 9.17) is 0 Å². The van der Waals surface area contributed by atoms with E-state index in [1.807, 2.05) is 0 Å². The number of nitrogens with zero attached hydrogens (tertiary/aromatic N) is 3. The Kier molecular flexibility index (Phi) is 7.20. The Bertz CT molecular complexity index is 390. The molecule has 22 heavy (non-hydrogen) atoms. The first kappa shape index (κ1) is 17.3. The maximum Gasteiger partial charge on any atom is 0.0367 e. The quantitative estimate of drug-likeness (QED) is 0.846. The van der Waals surface area contributed by atoms with Crippen LogP contribution in [0.1, 0.15) is 26.7 Å². The smallest absolute Gasteiger partial charge is 0.0367 e. The van der Waals surface area contributed by atoms with Crippen LogP contribution in [0.3, 0.4) is 0 Å². The third-order valence-corrected chi connectivity index (χ3v) is 4.65. The number of unbranched alkanes of at least 4 members (excludes halogenated alkanes) is 1. The highest BCUT2D eigenvalue weighted by Crippen LogP contribution is 2.18. The summed E-state index contributed by atoms with van der Waals surface area (Å²) in [5.41, 5.74) is 1.38. The minimum Gasteiger partial charge on any atom is -0.369 e. The number of piperazine rings is 1. The molecular weight excluding hydrogens is 270 g/mol. The summed E-state index contributed by atoms with van der Waals surface area (Å²) < 4.78 is 0. The lowest BCUT2D eigenvalue weighted by molar-refractivity contribution is 0.0883. The number of benzene rings is 1. The molecule has 2 fully saturated rings. The van der Waals surface area contributed by atoms with Crippen molar-refractivity contribution in [1.82, 2.24) is 9.80 Å². The lowest BCUT2D eigenvalue weighted by Crippen LogP contribution is -2.53. The summed E-state index contributed by atoms with van der Waals surface area (Å²) in [5, 5.41) is 0. The standard InChI is InChI=1S/C15H23N3.C4H10/c1-16-11-14(12-16)13-17-7-9-18(10-8-17)15-5-3-2-4-6-15;1-3-4-2/h2-6,14H,7-13H2,1H3;3-4H2,1-2H3. The maximum atomic E-state index is 2.64. The number of para-hydroxylation sites is 1. The molecule has 0 saturated carbocycles. The second-order valence-electron chi connectivity index (χ2n) is 6.71. The zero-order chi connectivity index (χ0) is 15.8. The minimum atomic E-state index is 0.915. The molecule has 2 aliphatic heterocycles. The molecular formula is C19H33N3. The predicted octanol–water partition coefficient (Wildman–Crippen LogP) is 3.18. The van der Waals surface area contributed by atoms with E-state index in [9.17, 15) is 0 Å². The lowest BCUT2D eigenvalue weighted by Gasteiger charge is -2.42. The molecule has 124 valence electrons. The highest BCUT2D eigenvalue weighted by atomic mass is 15.3. The van der Waals surface area contributed by atoms with E-state index in [1.54, 1.807) is 0 Å². The molecule has 2 saturated heterocycles. The third-order valence-electron chi connectivity index (χ3n) is 4.65. The SMILES string of the molecule is CCCC.CN1CC(CN2CCN(c3ccccc3)CC2)C1. The van der Waals surface area contributed by atoms with Gasteiger partial charge < -0.3 is 9.80 Å². The van der Waals surface area contributed by atoms with Crippen molar-refractivity contribution >= 4 is 5.69 Å². The number of hydrogen-bond acceptors (Lipinski definition) is 3. The fourth-order valence-corrected chi connectivity index (χ4v) is 3.14. The second-order valence-corrected chi connectivity index (χ2v) is 6.71. The van der Waals surface area contributed by atoms with Gasteiger partial charge in [-0.15, -0.1) is 0 Å². The molecule has 0 N–H and O–H groups in total. The van der Waals surface area contributed by atoms with Crippen molar-refractivity contribution in [3.8, 4) is 0 Å². The van der Waals surface area contributed by atoms with Crippen LogP contribution in [0.5, 0.6) is 0 Å². The van der Waals surface area contributed by atoms with Gasteiger partial charge >= 0.3 is 0 Å². The molecule has 0 aliphatic carbocycles. The molecule has 0 unspecified atom stereocenters. The van der Waals surface area contributed by atoms with Gasteiger partial charge in [-0.05, 0) is 25.1 Å². The van der Waals surface area contributed by atoms with Crippen LogP contribution in [0.25, 0.3) is 0 Å². The number of hydrogen-bond donors (Lipinski definition) is 0. The van der Waals surface area contributed by atoms with Crippen molar-refractivity contribution in [3.63, 3.8) is 0 Å². The van der Waals surface area contributed by atoms with Gasteiger partial charge in [0.25, 0.3) is 0 Å². The molecule has 3 rings (SSSR count). The van der Waals surface area contributed by atoms with Crippen LogP contribution >= 0.6 is 0 Å². The second kappa shape index (κ2) is 9.16. The monoisotopic (exact) mass is 303 g/mol. The van der Waals surface area contributed by atoms with Gasteiger partial charge in [0, 0.05) is 51.5 Å². The Labute approximate surface area is 136 Å². The van der Waals surface area contributed by atoms with Gasteiger partial charge in [-0.1, -0.05) is 44.9 Å². The van der Waals surface area contributed by atoms with Crippen LogP contribution in [0.2, 0.25) is 0 Å². The molecule has 0 amide bonds. The van der Waals surface area contributed by atoms with Gasteiger partial charge in [0.1, 0.15) is 0 Å². The molecule has 2 heterocycles. The van der Waals surface area contributed by atoms with E-state index in [1.165, 1.54) is 64.3 Å². The summed E-state index contributed by atoms with van der Waals surface area (Å²) in [6.45, 7) is 13.0. The van der Waals surface area contributed by atoms with Crippen LogP contribution in [-0.4, -0.2) is 62.7 Å². The molecule has 3 heteroatoms. The van der Waals surface area contributed by atoms with Crippen LogP contribution in [-0.2, 0) is 0 Å². The zero-order valence-electron chi connectivity index (χ0n) is 14.7. The van der Waals surface area contributed by atoms with Crippen LogP contribution in [0.15, 0.2) is 30.3 Å². The largest absolute Gasteiger partial charge is 0.369 e. The van der Waals surface area contributed by atoms with Crippen molar-refractivity contribution in [3.05, 3.63) is 30.3 Å². The number of anilines is 1. The summed E-state index contributed by atoms with van der Waals surface area (Å²) in [7, 11) is 2.21. The van der Waals surface area contributed by atoms with Crippen molar-refractivity contribution in [2.75, 3.05) is 57.8 Å². The molecule has 2 aliphatic rings. The summed E-state index contributed by atoms with van der Waals surface area (Å²) in [6.07, 6.45) is 2.64. The highest BCUT2D eigenvalue weighted by molar-refractivity contribution is 5.46. The first-order chi connectivity index (χ1) is 10.7. The Hall–Kier alpha value is -1.06. The van der Waals surface area contributed by atoms with Crippen molar-refractivity contribution in [2.24, 2.45) is 5.92 Å². The number of likely N-dealkylation sites (tertiary alicyclic amines) is 1. The Morgan fingerprint density at radius 2 is 1.50 bits per heavy atom. The zero-order valence-corrected chi connectivity index (χ0v) is 14.7. The average Bonchev–Trinajstić information content (AvgIpc) is 2.55. The fourth-order valence-electron chi connectivity index (χ4n) is 3.14. The highest BCUT2D eigenvalue weighted by Gasteiger charge is 2.26. The van der Waals surface area contributed by atoms with Crippen LogP contribution < -0.4 is 4.90 Å². The molecule has 0 aromatic heterocycles. The Morgan fingerprint density at radius 1 is 0.909 bits per heavy atom. The summed E-state index contributed by atoms with van der Waals surface area (Å²) >= 11 is 0. The van der Waals surface area contributed by atoms with Gasteiger partial charge in [0.15, 0.2) is 0 Å². The van der Waals surface area contributed by atoms with Crippen molar-refractivity contribution < 1.29 is 0 Å². The molecule has 1 aromatic rings. The topological polar surface area (TPSA) is 9.72 Å². The van der Waals surface area contributed by atoms with E-state index in [-0.39, 0.29) is 0 Å². The van der Waals surface area contributed by atoms with Gasteiger partial charge in [0.2, 0.25) is 0 Å². The molecule has 0 spiro atoms. The van der Waals surface area contributed by atoms with E-state index in [0.717, 1.165) is 5.92 Å².